The Labute approximate surface area is 172 Å². The summed E-state index contributed by atoms with van der Waals surface area (Å²) < 4.78 is 5.48. The lowest BCUT2D eigenvalue weighted by Gasteiger charge is -2.32. The average Bonchev–Trinajstić information content (AvgIpc) is 2.68. The van der Waals surface area contributed by atoms with Gasteiger partial charge in [-0.15, -0.1) is 0 Å². The topological polar surface area (TPSA) is 70.7 Å². The maximum atomic E-state index is 12.5. The Hall–Kier alpha value is -3.02. The zero-order chi connectivity index (χ0) is 21.0. The fourth-order valence-electron chi connectivity index (χ4n) is 3.99. The third kappa shape index (κ3) is 4.88. The largest absolute Gasteiger partial charge is 0.495 e. The third-order valence-electron chi connectivity index (χ3n) is 5.21. The number of anilines is 2. The number of carbonyl (C=O) groups is 2. The highest BCUT2D eigenvalue weighted by Crippen LogP contribution is 2.35. The first kappa shape index (κ1) is 20.7. The predicted octanol–water partition coefficient (Wildman–Crippen LogP) is 3.13. The molecular formula is C23H29N3O3. The molecule has 6 heteroatoms. The summed E-state index contributed by atoms with van der Waals surface area (Å²) in [6, 6.07) is 10.0. The Balaban J connectivity index is 1.58. The fraction of sp³-hybridized carbons (Fsp3) is 0.391. The van der Waals surface area contributed by atoms with Gasteiger partial charge in [0.1, 0.15) is 5.75 Å². The van der Waals surface area contributed by atoms with E-state index in [1.165, 1.54) is 5.56 Å². The number of ether oxygens (including phenoxy) is 1. The first-order valence-electron chi connectivity index (χ1n) is 9.94. The summed E-state index contributed by atoms with van der Waals surface area (Å²) in [5.74, 6) is 0.361. The van der Waals surface area contributed by atoms with Crippen molar-refractivity contribution in [1.82, 2.24) is 5.32 Å². The first-order valence-corrected chi connectivity index (χ1v) is 9.94. The van der Waals surface area contributed by atoms with Gasteiger partial charge in [-0.25, -0.2) is 0 Å². The van der Waals surface area contributed by atoms with Crippen LogP contribution in [0.3, 0.4) is 0 Å². The van der Waals surface area contributed by atoms with Crippen molar-refractivity contribution in [2.45, 2.75) is 33.6 Å². The molecule has 0 unspecified atom stereocenters. The summed E-state index contributed by atoms with van der Waals surface area (Å²) in [6.45, 7) is 6.89. The molecule has 1 heterocycles. The lowest BCUT2D eigenvalue weighted by Crippen LogP contribution is -2.42. The molecule has 1 aliphatic heterocycles. The number of hydrogen-bond acceptors (Lipinski definition) is 4. The van der Waals surface area contributed by atoms with Crippen LogP contribution in [-0.4, -0.2) is 38.6 Å². The van der Waals surface area contributed by atoms with Crippen molar-refractivity contribution in [3.63, 3.8) is 0 Å². The van der Waals surface area contributed by atoms with Gasteiger partial charge >= 0.3 is 0 Å². The average molecular weight is 396 g/mol. The second kappa shape index (κ2) is 8.99. The van der Waals surface area contributed by atoms with Gasteiger partial charge in [0.2, 0.25) is 11.8 Å². The van der Waals surface area contributed by atoms with Crippen LogP contribution in [0.1, 0.15) is 28.7 Å². The first-order chi connectivity index (χ1) is 13.9. The van der Waals surface area contributed by atoms with Gasteiger partial charge in [0.05, 0.1) is 25.9 Å². The van der Waals surface area contributed by atoms with Crippen molar-refractivity contribution in [1.29, 1.82) is 0 Å². The molecule has 0 radical (unpaired) electrons. The van der Waals surface area contributed by atoms with Crippen LogP contribution >= 0.6 is 0 Å². The second-order valence-corrected chi connectivity index (χ2v) is 7.59. The molecule has 2 aromatic carbocycles. The van der Waals surface area contributed by atoms with Crippen molar-refractivity contribution < 1.29 is 14.3 Å². The maximum absolute atomic E-state index is 12.5. The van der Waals surface area contributed by atoms with Crippen LogP contribution in [0.25, 0.3) is 0 Å². The molecular weight excluding hydrogens is 366 g/mol. The number of carbonyl (C=O) groups excluding carboxylic acids is 2. The van der Waals surface area contributed by atoms with Crippen LogP contribution in [0, 0.1) is 20.8 Å². The summed E-state index contributed by atoms with van der Waals surface area (Å²) in [6.07, 6.45) is 1.96. The van der Waals surface area contributed by atoms with Gasteiger partial charge in [-0.05, 0) is 56.4 Å². The molecule has 154 valence electrons. The molecule has 0 bridgehead atoms. The molecule has 0 atom stereocenters. The summed E-state index contributed by atoms with van der Waals surface area (Å²) in [7, 11) is 1.64. The Morgan fingerprint density at radius 3 is 2.52 bits per heavy atom. The van der Waals surface area contributed by atoms with E-state index in [4.69, 9.17) is 4.74 Å². The van der Waals surface area contributed by atoms with Gasteiger partial charge in [-0.1, -0.05) is 29.8 Å². The molecule has 0 saturated heterocycles. The van der Waals surface area contributed by atoms with Crippen molar-refractivity contribution in [2.75, 3.05) is 37.0 Å². The minimum absolute atomic E-state index is 0.0573. The van der Waals surface area contributed by atoms with Crippen molar-refractivity contribution in [3.05, 3.63) is 52.6 Å². The van der Waals surface area contributed by atoms with Crippen LogP contribution in [0.5, 0.6) is 5.75 Å². The highest BCUT2D eigenvalue weighted by Gasteiger charge is 2.23. The second-order valence-electron chi connectivity index (χ2n) is 7.59. The number of fused-ring (bicyclic) bond motifs is 1. The summed E-state index contributed by atoms with van der Waals surface area (Å²) in [5.41, 5.74) is 6.16. The lowest BCUT2D eigenvalue weighted by atomic mass is 10.0. The molecule has 0 aliphatic carbocycles. The summed E-state index contributed by atoms with van der Waals surface area (Å²) >= 11 is 0. The number of nitrogens with one attached hydrogen (secondary N) is 2. The Kier molecular flexibility index (Phi) is 6.42. The van der Waals surface area contributed by atoms with E-state index in [2.05, 4.69) is 16.7 Å². The van der Waals surface area contributed by atoms with Gasteiger partial charge < -0.3 is 20.3 Å². The molecule has 0 saturated carbocycles. The SMILES string of the molecule is COc1cccc2c1N(CC(=O)NCC(=O)Nc1c(C)cc(C)cc1C)CCC2. The van der Waals surface area contributed by atoms with Crippen LogP contribution in [0.15, 0.2) is 30.3 Å². The highest BCUT2D eigenvalue weighted by atomic mass is 16.5. The predicted molar refractivity (Wildman–Crippen MR) is 116 cm³/mol. The van der Waals surface area contributed by atoms with Crippen LogP contribution < -0.4 is 20.3 Å². The van der Waals surface area contributed by atoms with Crippen LogP contribution in [0.2, 0.25) is 0 Å². The van der Waals surface area contributed by atoms with Crippen LogP contribution in [0.4, 0.5) is 11.4 Å². The molecule has 0 spiro atoms. The Morgan fingerprint density at radius 1 is 1.10 bits per heavy atom. The van der Waals surface area contributed by atoms with E-state index in [1.807, 2.05) is 49.9 Å². The molecule has 0 fully saturated rings. The van der Waals surface area contributed by atoms with Crippen molar-refractivity contribution in [2.24, 2.45) is 0 Å². The minimum atomic E-state index is -0.231. The third-order valence-corrected chi connectivity index (χ3v) is 5.21. The molecule has 1 aliphatic rings. The molecule has 2 amide bonds. The van der Waals surface area contributed by atoms with Gasteiger partial charge in [-0.2, -0.15) is 0 Å². The normalized spacial score (nSPS) is 12.9. The molecule has 2 aromatic rings. The molecule has 2 N–H and O–H groups in total. The number of rotatable bonds is 6. The Bertz CT molecular complexity index is 886. The van der Waals surface area contributed by atoms with E-state index < -0.39 is 0 Å². The zero-order valence-electron chi connectivity index (χ0n) is 17.6. The number of hydrogen-bond donors (Lipinski definition) is 2. The van der Waals surface area contributed by atoms with Gasteiger partial charge in [0, 0.05) is 12.2 Å². The molecule has 29 heavy (non-hydrogen) atoms. The van der Waals surface area contributed by atoms with E-state index in [0.29, 0.717) is 0 Å². The van der Waals surface area contributed by atoms with Crippen molar-refractivity contribution in [3.8, 4) is 5.75 Å². The van der Waals surface area contributed by atoms with Gasteiger partial charge in [0.25, 0.3) is 0 Å². The van der Waals surface area contributed by atoms with Crippen LogP contribution in [-0.2, 0) is 16.0 Å². The van der Waals surface area contributed by atoms with Gasteiger partial charge in [-0.3, -0.25) is 9.59 Å². The number of nitrogens with zero attached hydrogens (tertiary/aromatic N) is 1. The van der Waals surface area contributed by atoms with E-state index in [9.17, 15) is 9.59 Å². The Morgan fingerprint density at radius 2 is 1.83 bits per heavy atom. The fourth-order valence-corrected chi connectivity index (χ4v) is 3.99. The van der Waals surface area contributed by atoms with E-state index in [1.54, 1.807) is 7.11 Å². The quantitative estimate of drug-likeness (QED) is 0.788. The number of aryl methyl sites for hydroxylation is 4. The molecule has 0 aromatic heterocycles. The maximum Gasteiger partial charge on any atom is 0.243 e. The number of amides is 2. The monoisotopic (exact) mass is 395 g/mol. The van der Waals surface area contributed by atoms with E-state index in [-0.39, 0.29) is 24.9 Å². The van der Waals surface area contributed by atoms with Gasteiger partial charge in [0.15, 0.2) is 0 Å². The molecule has 6 nitrogen and oxygen atoms in total. The lowest BCUT2D eigenvalue weighted by molar-refractivity contribution is -0.123. The standard InChI is InChI=1S/C23H29N3O3/c1-15-11-16(2)22(17(3)12-15)25-20(27)13-24-21(28)14-26-10-6-8-18-7-5-9-19(29-4)23(18)26/h5,7,9,11-12H,6,8,10,13-14H2,1-4H3,(H,24,28)(H,25,27). The number of methoxy groups -OCH3 is 1. The zero-order valence-corrected chi connectivity index (χ0v) is 17.6. The van der Waals surface area contributed by atoms with E-state index in [0.717, 1.165) is 53.2 Å². The number of para-hydroxylation sites is 1. The summed E-state index contributed by atoms with van der Waals surface area (Å²) in [4.78, 5) is 26.8. The number of benzene rings is 2. The smallest absolute Gasteiger partial charge is 0.243 e. The van der Waals surface area contributed by atoms with E-state index >= 15 is 0 Å². The minimum Gasteiger partial charge on any atom is -0.495 e. The molecule has 3 rings (SSSR count). The van der Waals surface area contributed by atoms with Crippen molar-refractivity contribution >= 4 is 23.2 Å². The highest BCUT2D eigenvalue weighted by molar-refractivity contribution is 5.96. The summed E-state index contributed by atoms with van der Waals surface area (Å²) in [5, 5.41) is 5.65.